The number of rotatable bonds is 6. The van der Waals surface area contributed by atoms with Crippen LogP contribution in [0.15, 0.2) is 59.1 Å². The van der Waals surface area contributed by atoms with Crippen molar-refractivity contribution in [3.63, 3.8) is 0 Å². The quantitative estimate of drug-likeness (QED) is 0.647. The second-order valence-electron chi connectivity index (χ2n) is 5.83. The SMILES string of the molecule is O=C(c1ccccc1)c1ccc(OCc2noc(C3CC3)n2)cc1. The molecule has 0 spiro atoms. The third kappa shape index (κ3) is 3.20. The lowest BCUT2D eigenvalue weighted by Gasteiger charge is -2.05. The highest BCUT2D eigenvalue weighted by atomic mass is 16.5. The van der Waals surface area contributed by atoms with Crippen LogP contribution in [-0.2, 0) is 6.61 Å². The minimum atomic E-state index is -0.00519. The van der Waals surface area contributed by atoms with Crippen molar-refractivity contribution in [1.29, 1.82) is 0 Å². The molecule has 2 aromatic carbocycles. The summed E-state index contributed by atoms with van der Waals surface area (Å²) in [7, 11) is 0. The van der Waals surface area contributed by atoms with E-state index in [1.54, 1.807) is 36.4 Å². The van der Waals surface area contributed by atoms with E-state index in [1.807, 2.05) is 18.2 Å². The largest absolute Gasteiger partial charge is 0.485 e. The molecule has 1 fully saturated rings. The minimum Gasteiger partial charge on any atom is -0.485 e. The van der Waals surface area contributed by atoms with Crippen molar-refractivity contribution in [2.24, 2.45) is 0 Å². The Kier molecular flexibility index (Phi) is 3.83. The number of ether oxygens (including phenoxy) is 1. The van der Waals surface area contributed by atoms with Gasteiger partial charge in [-0.3, -0.25) is 4.79 Å². The molecule has 0 aliphatic heterocycles. The first kappa shape index (κ1) is 14.6. The van der Waals surface area contributed by atoms with E-state index in [9.17, 15) is 4.79 Å². The maximum Gasteiger partial charge on any atom is 0.229 e. The van der Waals surface area contributed by atoms with Crippen molar-refractivity contribution in [2.45, 2.75) is 25.4 Å². The number of hydrogen-bond acceptors (Lipinski definition) is 5. The van der Waals surface area contributed by atoms with Gasteiger partial charge in [-0.25, -0.2) is 0 Å². The third-order valence-electron chi connectivity index (χ3n) is 3.93. The molecule has 3 aromatic rings. The molecule has 4 rings (SSSR count). The summed E-state index contributed by atoms with van der Waals surface area (Å²) in [5.74, 6) is 2.35. The minimum absolute atomic E-state index is 0.00519. The summed E-state index contributed by atoms with van der Waals surface area (Å²) in [6.45, 7) is 0.252. The molecule has 24 heavy (non-hydrogen) atoms. The maximum absolute atomic E-state index is 12.3. The molecule has 0 atom stereocenters. The number of carbonyl (C=O) groups excluding carboxylic acids is 1. The molecule has 5 nitrogen and oxygen atoms in total. The molecule has 0 unspecified atom stereocenters. The van der Waals surface area contributed by atoms with Gasteiger partial charge in [-0.2, -0.15) is 4.98 Å². The number of hydrogen-bond donors (Lipinski definition) is 0. The maximum atomic E-state index is 12.3. The Morgan fingerprint density at radius 3 is 2.46 bits per heavy atom. The van der Waals surface area contributed by atoms with Crippen LogP contribution in [0.5, 0.6) is 5.75 Å². The van der Waals surface area contributed by atoms with Crippen LogP contribution in [0.1, 0.15) is 46.4 Å². The summed E-state index contributed by atoms with van der Waals surface area (Å²) in [6.07, 6.45) is 2.25. The van der Waals surface area contributed by atoms with Crippen LogP contribution in [0.4, 0.5) is 0 Å². The predicted octanol–water partition coefficient (Wildman–Crippen LogP) is 3.76. The van der Waals surface area contributed by atoms with Crippen molar-refractivity contribution in [3.8, 4) is 5.75 Å². The summed E-state index contributed by atoms with van der Waals surface area (Å²) in [5, 5.41) is 3.91. The van der Waals surface area contributed by atoms with Crippen molar-refractivity contribution in [2.75, 3.05) is 0 Å². The highest BCUT2D eigenvalue weighted by Crippen LogP contribution is 2.38. The molecule has 0 saturated heterocycles. The van der Waals surface area contributed by atoms with E-state index in [2.05, 4.69) is 10.1 Å². The van der Waals surface area contributed by atoms with Gasteiger partial charge in [0, 0.05) is 17.0 Å². The standard InChI is InChI=1S/C19H16N2O3/c22-18(13-4-2-1-3-5-13)14-8-10-16(11-9-14)23-12-17-20-19(24-21-17)15-6-7-15/h1-5,8-11,15H,6-7,12H2. The average Bonchev–Trinajstić information content (AvgIpc) is 3.39. The van der Waals surface area contributed by atoms with Crippen molar-refractivity contribution in [1.82, 2.24) is 10.1 Å². The third-order valence-corrected chi connectivity index (χ3v) is 3.93. The fourth-order valence-corrected chi connectivity index (χ4v) is 2.43. The zero-order chi connectivity index (χ0) is 16.4. The zero-order valence-electron chi connectivity index (χ0n) is 13.0. The lowest BCUT2D eigenvalue weighted by atomic mass is 10.0. The lowest BCUT2D eigenvalue weighted by Crippen LogP contribution is -2.01. The van der Waals surface area contributed by atoms with Gasteiger partial charge in [0.15, 0.2) is 12.4 Å². The summed E-state index contributed by atoms with van der Waals surface area (Å²) >= 11 is 0. The van der Waals surface area contributed by atoms with Crippen LogP contribution in [0.25, 0.3) is 0 Å². The molecule has 1 aromatic heterocycles. The second kappa shape index (κ2) is 6.28. The topological polar surface area (TPSA) is 65.2 Å². The Morgan fingerprint density at radius 1 is 1.04 bits per heavy atom. The molecule has 1 saturated carbocycles. The Balaban J connectivity index is 1.39. The Morgan fingerprint density at radius 2 is 1.75 bits per heavy atom. The first-order chi connectivity index (χ1) is 11.8. The average molecular weight is 320 g/mol. The number of carbonyl (C=O) groups is 1. The number of nitrogens with zero attached hydrogens (tertiary/aromatic N) is 2. The fraction of sp³-hybridized carbons (Fsp3) is 0.211. The van der Waals surface area contributed by atoms with Gasteiger partial charge in [-0.1, -0.05) is 35.5 Å². The highest BCUT2D eigenvalue weighted by Gasteiger charge is 2.29. The molecule has 1 aliphatic carbocycles. The summed E-state index contributed by atoms with van der Waals surface area (Å²) in [6, 6.07) is 16.3. The smallest absolute Gasteiger partial charge is 0.229 e. The van der Waals surface area contributed by atoms with E-state index in [-0.39, 0.29) is 12.4 Å². The molecule has 0 amide bonds. The summed E-state index contributed by atoms with van der Waals surface area (Å²) < 4.78 is 10.8. The van der Waals surface area contributed by atoms with E-state index in [0.717, 1.165) is 12.8 Å². The lowest BCUT2D eigenvalue weighted by molar-refractivity contribution is 0.103. The van der Waals surface area contributed by atoms with Gasteiger partial charge in [0.1, 0.15) is 5.75 Å². The second-order valence-corrected chi connectivity index (χ2v) is 5.83. The molecule has 1 heterocycles. The van der Waals surface area contributed by atoms with Crippen LogP contribution in [0.3, 0.4) is 0 Å². The van der Waals surface area contributed by atoms with Crippen LogP contribution in [0.2, 0.25) is 0 Å². The first-order valence-electron chi connectivity index (χ1n) is 7.95. The van der Waals surface area contributed by atoms with E-state index in [0.29, 0.717) is 34.5 Å². The molecule has 0 radical (unpaired) electrons. The van der Waals surface area contributed by atoms with Gasteiger partial charge in [0.25, 0.3) is 0 Å². The Hall–Kier alpha value is -2.95. The number of ketones is 1. The van der Waals surface area contributed by atoms with E-state index in [1.165, 1.54) is 0 Å². The van der Waals surface area contributed by atoms with Crippen LogP contribution in [-0.4, -0.2) is 15.9 Å². The molecular weight excluding hydrogens is 304 g/mol. The van der Waals surface area contributed by atoms with E-state index < -0.39 is 0 Å². The molecular formula is C19H16N2O3. The van der Waals surface area contributed by atoms with Gasteiger partial charge >= 0.3 is 0 Å². The van der Waals surface area contributed by atoms with E-state index >= 15 is 0 Å². The van der Waals surface area contributed by atoms with Gasteiger partial charge in [0.2, 0.25) is 11.7 Å². The molecule has 0 N–H and O–H groups in total. The van der Waals surface area contributed by atoms with Crippen molar-refractivity contribution in [3.05, 3.63) is 77.4 Å². The first-order valence-corrected chi connectivity index (χ1v) is 7.95. The van der Waals surface area contributed by atoms with Gasteiger partial charge in [-0.15, -0.1) is 0 Å². The molecule has 0 bridgehead atoms. The molecule has 5 heteroatoms. The summed E-state index contributed by atoms with van der Waals surface area (Å²) in [4.78, 5) is 16.7. The number of aromatic nitrogens is 2. The fourth-order valence-electron chi connectivity index (χ4n) is 2.43. The molecule has 1 aliphatic rings. The van der Waals surface area contributed by atoms with Crippen LogP contribution >= 0.6 is 0 Å². The van der Waals surface area contributed by atoms with Gasteiger partial charge in [-0.05, 0) is 37.1 Å². The summed E-state index contributed by atoms with van der Waals surface area (Å²) in [5.41, 5.74) is 1.30. The van der Waals surface area contributed by atoms with Gasteiger partial charge in [0.05, 0.1) is 0 Å². The van der Waals surface area contributed by atoms with Crippen LogP contribution < -0.4 is 4.74 Å². The Bertz CT molecular complexity index is 837. The predicted molar refractivity (Wildman–Crippen MR) is 86.9 cm³/mol. The number of benzene rings is 2. The molecule has 120 valence electrons. The van der Waals surface area contributed by atoms with Crippen molar-refractivity contribution < 1.29 is 14.1 Å². The van der Waals surface area contributed by atoms with Crippen molar-refractivity contribution >= 4 is 5.78 Å². The Labute approximate surface area is 139 Å². The van der Waals surface area contributed by atoms with Gasteiger partial charge < -0.3 is 9.26 Å². The van der Waals surface area contributed by atoms with Crippen LogP contribution in [0, 0.1) is 0 Å². The van der Waals surface area contributed by atoms with E-state index in [4.69, 9.17) is 9.26 Å². The normalized spacial score (nSPS) is 13.7. The monoisotopic (exact) mass is 320 g/mol. The highest BCUT2D eigenvalue weighted by molar-refractivity contribution is 6.08. The zero-order valence-corrected chi connectivity index (χ0v) is 13.0.